The molecule has 0 saturated carbocycles. The number of amides is 1. The van der Waals surface area contributed by atoms with E-state index < -0.39 is 44.4 Å². The van der Waals surface area contributed by atoms with Gasteiger partial charge in [0, 0.05) is 19.6 Å². The highest BCUT2D eigenvalue weighted by Crippen LogP contribution is 2.28. The van der Waals surface area contributed by atoms with Crippen molar-refractivity contribution >= 4 is 15.9 Å². The minimum absolute atomic E-state index is 0.182. The van der Waals surface area contributed by atoms with Crippen LogP contribution in [0.3, 0.4) is 0 Å². The number of benzene rings is 1. The molecule has 2 aliphatic rings. The number of carbonyl (C=O) groups is 1. The maximum absolute atomic E-state index is 14.1. The van der Waals surface area contributed by atoms with E-state index in [4.69, 9.17) is 4.74 Å². The van der Waals surface area contributed by atoms with Gasteiger partial charge in [0.15, 0.2) is 5.69 Å². The average Bonchev–Trinajstić information content (AvgIpc) is 3.10. The maximum atomic E-state index is 14.1. The Morgan fingerprint density at radius 2 is 1.89 bits per heavy atom. The van der Waals surface area contributed by atoms with E-state index in [1.165, 1.54) is 14.9 Å². The minimum Gasteiger partial charge on any atom is -0.501 e. The molecule has 1 saturated heterocycles. The predicted molar refractivity (Wildman–Crippen MR) is 124 cm³/mol. The molecule has 0 aliphatic carbocycles. The number of rotatable bonds is 5. The Hall–Kier alpha value is -2.83. The molecule has 2 N–H and O–H groups in total. The lowest BCUT2D eigenvalue weighted by atomic mass is 10.1. The van der Waals surface area contributed by atoms with Gasteiger partial charge >= 0.3 is 0 Å². The van der Waals surface area contributed by atoms with E-state index in [2.05, 4.69) is 10.3 Å². The molecule has 4 rings (SSSR count). The van der Waals surface area contributed by atoms with Crippen LogP contribution in [0.4, 0.5) is 4.39 Å². The molecule has 0 bridgehead atoms. The molecule has 0 unspecified atom stereocenters. The van der Waals surface area contributed by atoms with Crippen LogP contribution in [0.1, 0.15) is 61.4 Å². The number of nitrogens with one attached hydrogen (secondary N) is 1. The molecule has 3 heterocycles. The maximum Gasteiger partial charge on any atom is 0.296 e. The second kappa shape index (κ2) is 9.67. The third kappa shape index (κ3) is 4.95. The van der Waals surface area contributed by atoms with Crippen LogP contribution in [0.5, 0.6) is 5.75 Å². The third-order valence-electron chi connectivity index (χ3n) is 6.33. The molecule has 0 atom stereocenters. The largest absolute Gasteiger partial charge is 0.501 e. The van der Waals surface area contributed by atoms with Gasteiger partial charge in [0.25, 0.3) is 11.5 Å². The summed E-state index contributed by atoms with van der Waals surface area (Å²) in [6.45, 7) is 4.25. The van der Waals surface area contributed by atoms with Gasteiger partial charge in [0.05, 0.1) is 18.0 Å². The first-order valence-corrected chi connectivity index (χ1v) is 13.0. The predicted octanol–water partition coefficient (Wildman–Crippen LogP) is 1.85. The first kappa shape index (κ1) is 25.3. The molecule has 10 nitrogen and oxygen atoms in total. The lowest BCUT2D eigenvalue weighted by Gasteiger charge is -2.32. The molecule has 2 aliphatic heterocycles. The van der Waals surface area contributed by atoms with Crippen molar-refractivity contribution in [2.24, 2.45) is 0 Å². The van der Waals surface area contributed by atoms with Crippen molar-refractivity contribution in [1.82, 2.24) is 19.2 Å². The quantitative estimate of drug-likeness (QED) is 0.630. The Balaban J connectivity index is 1.62. The topological polar surface area (TPSA) is 131 Å². The van der Waals surface area contributed by atoms with Gasteiger partial charge in [-0.15, -0.1) is 0 Å². The highest BCUT2D eigenvalue weighted by molar-refractivity contribution is 7.89. The zero-order chi connectivity index (χ0) is 25.4. The van der Waals surface area contributed by atoms with Gasteiger partial charge in [-0.1, -0.05) is 18.9 Å². The zero-order valence-corrected chi connectivity index (χ0v) is 20.5. The van der Waals surface area contributed by atoms with E-state index in [1.54, 1.807) is 13.8 Å². The van der Waals surface area contributed by atoms with Crippen molar-refractivity contribution in [3.05, 3.63) is 51.5 Å². The molecule has 1 aromatic heterocycles. The molecule has 1 aromatic carbocycles. The number of fused-ring (bicyclic) bond motifs is 1. The SMILES string of the molecule is CC1(C)OCCn2c1nc(C(=O)NCc1ccc(F)cc1S(=O)(=O)N1CCCCCC1)c(O)c2=O. The van der Waals surface area contributed by atoms with Crippen molar-refractivity contribution in [3.8, 4) is 5.75 Å². The Labute approximate surface area is 202 Å². The van der Waals surface area contributed by atoms with E-state index >= 15 is 0 Å². The van der Waals surface area contributed by atoms with E-state index in [1.807, 2.05) is 0 Å². The van der Waals surface area contributed by atoms with Gasteiger partial charge in [-0.3, -0.25) is 14.2 Å². The zero-order valence-electron chi connectivity index (χ0n) is 19.7. The van der Waals surface area contributed by atoms with Gasteiger partial charge in [-0.2, -0.15) is 4.31 Å². The van der Waals surface area contributed by atoms with E-state index in [-0.39, 0.29) is 36.0 Å². The lowest BCUT2D eigenvalue weighted by Crippen LogP contribution is -2.42. The summed E-state index contributed by atoms with van der Waals surface area (Å²) in [6.07, 6.45) is 3.30. The fraction of sp³-hybridized carbons (Fsp3) is 0.522. The van der Waals surface area contributed by atoms with Gasteiger partial charge in [0.1, 0.15) is 17.2 Å². The van der Waals surface area contributed by atoms with Crippen LogP contribution in [0.25, 0.3) is 0 Å². The minimum atomic E-state index is -3.99. The molecule has 1 fully saturated rings. The van der Waals surface area contributed by atoms with Crippen LogP contribution in [0.2, 0.25) is 0 Å². The highest BCUT2D eigenvalue weighted by Gasteiger charge is 2.34. The van der Waals surface area contributed by atoms with Crippen molar-refractivity contribution in [3.63, 3.8) is 0 Å². The fourth-order valence-corrected chi connectivity index (χ4v) is 6.17. The Morgan fingerprint density at radius 3 is 2.57 bits per heavy atom. The smallest absolute Gasteiger partial charge is 0.296 e. The van der Waals surface area contributed by atoms with Gasteiger partial charge < -0.3 is 15.2 Å². The summed E-state index contributed by atoms with van der Waals surface area (Å²) in [5, 5.41) is 12.9. The third-order valence-corrected chi connectivity index (χ3v) is 8.31. The van der Waals surface area contributed by atoms with Crippen LogP contribution in [-0.2, 0) is 33.5 Å². The molecule has 0 radical (unpaired) electrons. The Kier molecular flexibility index (Phi) is 6.98. The first-order valence-electron chi connectivity index (χ1n) is 11.6. The number of carbonyl (C=O) groups excluding carboxylic acids is 1. The summed E-state index contributed by atoms with van der Waals surface area (Å²) in [7, 11) is -3.99. The number of ether oxygens (including phenoxy) is 1. The molecule has 12 heteroatoms. The number of sulfonamides is 1. The van der Waals surface area contributed by atoms with Crippen LogP contribution in [-0.4, -0.2) is 53.0 Å². The lowest BCUT2D eigenvalue weighted by molar-refractivity contribution is -0.0566. The number of aromatic nitrogens is 2. The van der Waals surface area contributed by atoms with E-state index in [0.29, 0.717) is 13.1 Å². The molecule has 1 amide bonds. The van der Waals surface area contributed by atoms with Crippen LogP contribution < -0.4 is 10.9 Å². The Bertz CT molecular complexity index is 1300. The highest BCUT2D eigenvalue weighted by atomic mass is 32.2. The second-order valence-corrected chi connectivity index (χ2v) is 11.1. The summed E-state index contributed by atoms with van der Waals surface area (Å²) >= 11 is 0. The van der Waals surface area contributed by atoms with Crippen molar-refractivity contribution < 1.29 is 27.4 Å². The summed E-state index contributed by atoms with van der Waals surface area (Å²) in [6, 6.07) is 3.36. The fourth-order valence-electron chi connectivity index (χ4n) is 4.42. The molecule has 35 heavy (non-hydrogen) atoms. The monoisotopic (exact) mass is 508 g/mol. The normalized spacial score (nSPS) is 18.5. The van der Waals surface area contributed by atoms with Crippen LogP contribution in [0, 0.1) is 5.82 Å². The average molecular weight is 509 g/mol. The summed E-state index contributed by atoms with van der Waals surface area (Å²) in [4.78, 5) is 29.5. The van der Waals surface area contributed by atoms with Gasteiger partial charge in [-0.05, 0) is 44.4 Å². The number of halogens is 1. The summed E-state index contributed by atoms with van der Waals surface area (Å²) < 4.78 is 48.9. The van der Waals surface area contributed by atoms with Crippen molar-refractivity contribution in [1.29, 1.82) is 0 Å². The van der Waals surface area contributed by atoms with E-state index in [0.717, 1.165) is 37.8 Å². The number of aromatic hydroxyl groups is 1. The van der Waals surface area contributed by atoms with Gasteiger partial charge in [0.2, 0.25) is 15.8 Å². The molecule has 2 aromatic rings. The van der Waals surface area contributed by atoms with Crippen LogP contribution >= 0.6 is 0 Å². The Morgan fingerprint density at radius 1 is 1.20 bits per heavy atom. The molecule has 190 valence electrons. The van der Waals surface area contributed by atoms with Crippen molar-refractivity contribution in [2.45, 2.75) is 63.1 Å². The first-order chi connectivity index (χ1) is 16.5. The van der Waals surface area contributed by atoms with Crippen molar-refractivity contribution in [2.75, 3.05) is 19.7 Å². The second-order valence-electron chi connectivity index (χ2n) is 9.20. The molecule has 0 spiro atoms. The number of hydrogen-bond acceptors (Lipinski definition) is 7. The molecular formula is C23H29FN4O6S. The molecular weight excluding hydrogens is 479 g/mol. The van der Waals surface area contributed by atoms with Crippen LogP contribution in [0.15, 0.2) is 27.9 Å². The number of hydrogen-bond donors (Lipinski definition) is 2. The standard InChI is InChI=1S/C23H29FN4O6S/c1-23(2)22-26-18(19(29)21(31)28(22)11-12-34-23)20(30)25-14-15-7-8-16(24)13-17(15)35(32,33)27-9-5-3-4-6-10-27/h7-8,13,29H,3-6,9-12,14H2,1-2H3,(H,25,30). The van der Waals surface area contributed by atoms with Gasteiger partial charge in [-0.25, -0.2) is 17.8 Å². The van der Waals surface area contributed by atoms with E-state index in [9.17, 15) is 27.5 Å². The summed E-state index contributed by atoms with van der Waals surface area (Å²) in [5.74, 6) is -2.19. The summed E-state index contributed by atoms with van der Waals surface area (Å²) in [5.41, 5.74) is -2.02. The number of nitrogens with zero attached hydrogens (tertiary/aromatic N) is 3.